The number of methoxy groups -OCH3 is 1. The van der Waals surface area contributed by atoms with E-state index in [-0.39, 0.29) is 59.2 Å². The fourth-order valence-corrected chi connectivity index (χ4v) is 6.21. The van der Waals surface area contributed by atoms with Gasteiger partial charge in [0.2, 0.25) is 5.88 Å². The van der Waals surface area contributed by atoms with E-state index < -0.39 is 21.9 Å². The first-order chi connectivity index (χ1) is 19.6. The van der Waals surface area contributed by atoms with Crippen LogP contribution in [0.4, 0.5) is 10.1 Å². The molecule has 218 valence electrons. The van der Waals surface area contributed by atoms with E-state index in [0.717, 1.165) is 0 Å². The van der Waals surface area contributed by atoms with Crippen LogP contribution in [-0.4, -0.2) is 57.4 Å². The van der Waals surface area contributed by atoms with Crippen molar-refractivity contribution in [2.45, 2.75) is 37.2 Å². The number of aliphatic hydroxyl groups excluding tert-OH is 1. The highest BCUT2D eigenvalue weighted by Gasteiger charge is 2.37. The average Bonchev–Trinajstić information content (AvgIpc) is 2.95. The number of ether oxygens (including phenoxy) is 3. The Bertz CT molecular complexity index is 1530. The highest BCUT2D eigenvalue weighted by atomic mass is 35.5. The minimum absolute atomic E-state index is 0.0454. The molecule has 0 amide bonds. The van der Waals surface area contributed by atoms with Crippen LogP contribution in [0.25, 0.3) is 12.2 Å². The molecule has 0 saturated carbocycles. The number of carbonyl (C=O) groups excluding carboxylic acids is 1. The maximum absolute atomic E-state index is 14.3. The van der Waals surface area contributed by atoms with Crippen molar-refractivity contribution in [2.24, 2.45) is 0 Å². The highest BCUT2D eigenvalue weighted by Crippen LogP contribution is 2.40. The van der Waals surface area contributed by atoms with Crippen LogP contribution in [0.1, 0.15) is 36.0 Å². The lowest BCUT2D eigenvalue weighted by atomic mass is 10.1. The van der Waals surface area contributed by atoms with Gasteiger partial charge < -0.3 is 19.3 Å². The number of pyridine rings is 1. The summed E-state index contributed by atoms with van der Waals surface area (Å²) in [6.45, 7) is 1.21. The highest BCUT2D eigenvalue weighted by molar-refractivity contribution is 7.93. The van der Waals surface area contributed by atoms with E-state index in [0.29, 0.717) is 29.7 Å². The van der Waals surface area contributed by atoms with Crippen molar-refractivity contribution in [2.75, 3.05) is 31.2 Å². The predicted molar refractivity (Wildman–Crippen MR) is 153 cm³/mol. The van der Waals surface area contributed by atoms with E-state index in [1.807, 2.05) is 0 Å². The maximum atomic E-state index is 14.3. The molecule has 1 N–H and O–H groups in total. The topological polar surface area (TPSA) is 115 Å². The second-order valence-electron chi connectivity index (χ2n) is 9.33. The number of aryl methyl sites for hydroxylation is 1. The number of nitrogens with zero attached hydrogens (tertiary/aromatic N) is 2. The van der Waals surface area contributed by atoms with E-state index in [2.05, 4.69) is 4.98 Å². The van der Waals surface area contributed by atoms with Crippen LogP contribution in [0.3, 0.4) is 0 Å². The zero-order valence-electron chi connectivity index (χ0n) is 22.5. The fourth-order valence-electron chi connectivity index (χ4n) is 4.32. The van der Waals surface area contributed by atoms with Crippen molar-refractivity contribution < 1.29 is 36.9 Å². The molecule has 4 rings (SSSR count). The average molecular weight is 605 g/mol. The van der Waals surface area contributed by atoms with Crippen molar-refractivity contribution in [3.05, 3.63) is 76.2 Å². The van der Waals surface area contributed by atoms with Crippen molar-refractivity contribution in [3.63, 3.8) is 0 Å². The number of rotatable bonds is 11. The number of sulfonamides is 1. The summed E-state index contributed by atoms with van der Waals surface area (Å²) in [5.74, 6) is -0.669. The third-order valence-electron chi connectivity index (χ3n) is 6.34. The van der Waals surface area contributed by atoms with Gasteiger partial charge in [0.15, 0.2) is 0 Å². The lowest BCUT2D eigenvalue weighted by Gasteiger charge is -2.36. The molecule has 1 atom stereocenters. The molecule has 3 aromatic rings. The van der Waals surface area contributed by atoms with Crippen molar-refractivity contribution >= 4 is 45.4 Å². The summed E-state index contributed by atoms with van der Waals surface area (Å²) < 4.78 is 60.2. The molecule has 0 aliphatic carbocycles. The standard InChI is InChI=1S/C29H30ClFN2O7S/c1-19-15-27(29(32-17-19)39-14-13-34)41(36,37)33-18-21(5-3-8-28(35)38-2)40-26-12-10-20(16-25(26)33)9-11-22-23(30)6-4-7-24(22)31/h4,6-7,9-12,15-17,21,34H,3,5,8,13-14,18H2,1-2H3/b11-9+/t21-/m0/s1. The third kappa shape index (κ3) is 7.16. The van der Waals surface area contributed by atoms with Gasteiger partial charge in [-0.05, 0) is 67.3 Å². The number of hydrogen-bond donors (Lipinski definition) is 1. The summed E-state index contributed by atoms with van der Waals surface area (Å²) in [5.41, 5.74) is 1.65. The Morgan fingerprint density at radius 2 is 2.07 bits per heavy atom. The number of carbonyl (C=O) groups is 1. The van der Waals surface area contributed by atoms with Gasteiger partial charge in [0, 0.05) is 18.2 Å². The number of hydrogen-bond acceptors (Lipinski definition) is 8. The molecule has 2 heterocycles. The van der Waals surface area contributed by atoms with Crippen LogP contribution < -0.4 is 13.8 Å². The molecule has 41 heavy (non-hydrogen) atoms. The van der Waals surface area contributed by atoms with E-state index in [1.165, 1.54) is 41.9 Å². The van der Waals surface area contributed by atoms with E-state index in [4.69, 9.17) is 25.8 Å². The number of aliphatic hydroxyl groups is 1. The Kier molecular flexibility index (Phi) is 9.85. The molecule has 0 unspecified atom stereocenters. The summed E-state index contributed by atoms with van der Waals surface area (Å²) in [7, 11) is -2.94. The zero-order chi connectivity index (χ0) is 29.6. The summed E-state index contributed by atoms with van der Waals surface area (Å²) in [6.07, 6.45) is 5.06. The minimum Gasteiger partial charge on any atom is -0.486 e. The van der Waals surface area contributed by atoms with Gasteiger partial charge in [-0.3, -0.25) is 9.10 Å². The van der Waals surface area contributed by atoms with E-state index in [1.54, 1.807) is 37.3 Å². The smallest absolute Gasteiger partial charge is 0.305 e. The Labute approximate surface area is 243 Å². The minimum atomic E-state index is -4.25. The van der Waals surface area contributed by atoms with Gasteiger partial charge in [0.05, 0.1) is 31.0 Å². The first-order valence-electron chi connectivity index (χ1n) is 12.9. The fraction of sp³-hybridized carbons (Fsp3) is 0.310. The van der Waals surface area contributed by atoms with Crippen molar-refractivity contribution in [3.8, 4) is 11.6 Å². The van der Waals surface area contributed by atoms with Gasteiger partial charge in [-0.25, -0.2) is 17.8 Å². The zero-order valence-corrected chi connectivity index (χ0v) is 24.1. The van der Waals surface area contributed by atoms with Crippen LogP contribution in [0, 0.1) is 12.7 Å². The maximum Gasteiger partial charge on any atom is 0.305 e. The molecular formula is C29H30ClFN2O7S. The second-order valence-corrected chi connectivity index (χ2v) is 11.6. The first-order valence-corrected chi connectivity index (χ1v) is 14.7. The summed E-state index contributed by atoms with van der Waals surface area (Å²) in [6, 6.07) is 10.8. The number of fused-ring (bicyclic) bond motifs is 1. The van der Waals surface area contributed by atoms with Crippen LogP contribution in [0.2, 0.25) is 5.02 Å². The van der Waals surface area contributed by atoms with Gasteiger partial charge >= 0.3 is 5.97 Å². The largest absolute Gasteiger partial charge is 0.486 e. The Balaban J connectivity index is 1.74. The lowest BCUT2D eigenvalue weighted by Crippen LogP contribution is -2.43. The monoisotopic (exact) mass is 604 g/mol. The summed E-state index contributed by atoms with van der Waals surface area (Å²) in [5, 5.41) is 9.47. The molecule has 12 heteroatoms. The van der Waals surface area contributed by atoms with E-state index in [9.17, 15) is 22.7 Å². The van der Waals surface area contributed by atoms with Gasteiger partial charge in [-0.1, -0.05) is 29.8 Å². The number of halogens is 2. The first kappa shape index (κ1) is 30.3. The molecule has 1 aromatic heterocycles. The SMILES string of the molecule is COC(=O)CCC[C@H]1CN(S(=O)(=O)c2cc(C)cnc2OCCO)c2cc(/C=C/c3c(F)cccc3Cl)ccc2O1. The lowest BCUT2D eigenvalue weighted by molar-refractivity contribution is -0.140. The van der Waals surface area contributed by atoms with Crippen LogP contribution >= 0.6 is 11.6 Å². The molecule has 0 saturated heterocycles. The third-order valence-corrected chi connectivity index (χ3v) is 8.45. The van der Waals surface area contributed by atoms with Crippen LogP contribution in [0.15, 0.2) is 53.6 Å². The van der Waals surface area contributed by atoms with Crippen LogP contribution in [0.5, 0.6) is 11.6 Å². The quantitative estimate of drug-likeness (QED) is 0.240. The van der Waals surface area contributed by atoms with Crippen LogP contribution in [-0.2, 0) is 19.6 Å². The van der Waals surface area contributed by atoms with Gasteiger partial charge in [0.25, 0.3) is 10.0 Å². The normalized spacial score (nSPS) is 15.0. The van der Waals surface area contributed by atoms with Crippen molar-refractivity contribution in [1.29, 1.82) is 0 Å². The number of anilines is 1. The number of benzene rings is 2. The number of esters is 1. The molecule has 0 spiro atoms. The van der Waals surface area contributed by atoms with Crippen molar-refractivity contribution in [1.82, 2.24) is 4.98 Å². The molecule has 0 radical (unpaired) electrons. The molecule has 9 nitrogen and oxygen atoms in total. The Morgan fingerprint density at radius 3 is 2.80 bits per heavy atom. The molecular weight excluding hydrogens is 575 g/mol. The van der Waals surface area contributed by atoms with Gasteiger partial charge in [-0.15, -0.1) is 0 Å². The molecule has 1 aliphatic heterocycles. The van der Waals surface area contributed by atoms with Gasteiger partial charge in [0.1, 0.15) is 29.2 Å². The Morgan fingerprint density at radius 1 is 1.27 bits per heavy atom. The predicted octanol–water partition coefficient (Wildman–Crippen LogP) is 5.02. The summed E-state index contributed by atoms with van der Waals surface area (Å²) in [4.78, 5) is 15.6. The number of aromatic nitrogens is 1. The molecule has 1 aliphatic rings. The van der Waals surface area contributed by atoms with Gasteiger partial charge in [-0.2, -0.15) is 0 Å². The van der Waals surface area contributed by atoms with E-state index >= 15 is 0 Å². The second kappa shape index (κ2) is 13.3. The molecule has 2 aromatic carbocycles. The molecule has 0 bridgehead atoms. The summed E-state index contributed by atoms with van der Waals surface area (Å²) >= 11 is 6.15. The molecule has 0 fully saturated rings. The Hall–Kier alpha value is -3.67.